The van der Waals surface area contributed by atoms with Crippen LogP contribution in [0.4, 0.5) is 4.39 Å². The van der Waals surface area contributed by atoms with Crippen LogP contribution >= 0.6 is 35.0 Å². The van der Waals surface area contributed by atoms with Gasteiger partial charge in [-0.25, -0.2) is 4.39 Å². The summed E-state index contributed by atoms with van der Waals surface area (Å²) in [4.78, 5) is 2.41. The second kappa shape index (κ2) is 7.38. The summed E-state index contributed by atoms with van der Waals surface area (Å²) in [7, 11) is 0. The molecule has 0 unspecified atom stereocenters. The van der Waals surface area contributed by atoms with Crippen LogP contribution in [0.15, 0.2) is 18.2 Å². The predicted molar refractivity (Wildman–Crippen MR) is 93.0 cm³/mol. The third-order valence-electron chi connectivity index (χ3n) is 3.59. The summed E-state index contributed by atoms with van der Waals surface area (Å²) in [6.45, 7) is 10.5. The fraction of sp³-hybridized carbons (Fsp3) is 0.600. The fourth-order valence-corrected chi connectivity index (χ4v) is 3.39. The van der Waals surface area contributed by atoms with Crippen molar-refractivity contribution in [2.45, 2.75) is 26.8 Å². The summed E-state index contributed by atoms with van der Waals surface area (Å²) in [6.07, 6.45) is 0. The standard InChI is InChI=1S/C15H22FIN2.ClH/c1-15(2,3)14(19-8-6-18-7-9-19)12-10-11(17)4-5-13(12)16;/h4-5,10,14,18H,6-9H2,1-3H3;1H/t14-;/m1./s1. The second-order valence-corrected chi connectivity index (χ2v) is 7.47. The van der Waals surface area contributed by atoms with Crippen molar-refractivity contribution in [3.05, 3.63) is 33.1 Å². The minimum absolute atomic E-state index is 0. The van der Waals surface area contributed by atoms with E-state index in [1.165, 1.54) is 0 Å². The van der Waals surface area contributed by atoms with Gasteiger partial charge in [-0.2, -0.15) is 0 Å². The van der Waals surface area contributed by atoms with E-state index >= 15 is 0 Å². The molecule has 2 rings (SSSR count). The van der Waals surface area contributed by atoms with Crippen molar-refractivity contribution in [2.75, 3.05) is 26.2 Å². The molecule has 0 aliphatic carbocycles. The van der Waals surface area contributed by atoms with Gasteiger partial charge in [0.25, 0.3) is 0 Å². The lowest BCUT2D eigenvalue weighted by molar-refractivity contribution is 0.0834. The van der Waals surface area contributed by atoms with Crippen LogP contribution in [-0.4, -0.2) is 31.1 Å². The maximum Gasteiger partial charge on any atom is 0.128 e. The van der Waals surface area contributed by atoms with E-state index in [4.69, 9.17) is 0 Å². The van der Waals surface area contributed by atoms with Crippen LogP contribution in [0.5, 0.6) is 0 Å². The molecule has 5 heteroatoms. The maximum absolute atomic E-state index is 14.3. The van der Waals surface area contributed by atoms with Gasteiger partial charge in [0, 0.05) is 41.4 Å². The number of hydrogen-bond donors (Lipinski definition) is 1. The highest BCUT2D eigenvalue weighted by Gasteiger charge is 2.34. The molecule has 0 spiro atoms. The summed E-state index contributed by atoms with van der Waals surface area (Å²) in [5.41, 5.74) is 0.851. The average Bonchev–Trinajstić information content (AvgIpc) is 2.33. The van der Waals surface area contributed by atoms with Crippen LogP contribution in [0.25, 0.3) is 0 Å². The lowest BCUT2D eigenvalue weighted by Gasteiger charge is -2.42. The molecular formula is C15H23ClFIN2. The molecule has 2 nitrogen and oxygen atoms in total. The molecule has 0 amide bonds. The molecule has 1 aromatic carbocycles. The lowest BCUT2D eigenvalue weighted by atomic mass is 9.80. The molecule has 1 aromatic rings. The molecule has 1 atom stereocenters. The van der Waals surface area contributed by atoms with Crippen molar-refractivity contribution in [3.8, 4) is 0 Å². The minimum Gasteiger partial charge on any atom is -0.314 e. The fourth-order valence-electron chi connectivity index (χ4n) is 2.88. The van der Waals surface area contributed by atoms with Crippen LogP contribution in [0.1, 0.15) is 32.4 Å². The number of rotatable bonds is 2. The molecule has 20 heavy (non-hydrogen) atoms. The highest BCUT2D eigenvalue weighted by molar-refractivity contribution is 14.1. The molecule has 1 fully saturated rings. The SMILES string of the molecule is CC(C)(C)[C@@H](c1cc(I)ccc1F)N1CCNCC1.Cl. The quantitative estimate of drug-likeness (QED) is 0.743. The zero-order valence-electron chi connectivity index (χ0n) is 12.2. The Morgan fingerprint density at radius 2 is 1.85 bits per heavy atom. The van der Waals surface area contributed by atoms with Crippen molar-refractivity contribution < 1.29 is 4.39 Å². The Hall–Kier alpha value is 0.0900. The molecule has 0 bridgehead atoms. The number of halogens is 3. The van der Waals surface area contributed by atoms with Gasteiger partial charge in [0.1, 0.15) is 5.82 Å². The van der Waals surface area contributed by atoms with E-state index in [0.29, 0.717) is 0 Å². The van der Waals surface area contributed by atoms with Gasteiger partial charge >= 0.3 is 0 Å². The van der Waals surface area contributed by atoms with Crippen molar-refractivity contribution in [3.63, 3.8) is 0 Å². The first kappa shape index (κ1) is 18.1. The third-order valence-corrected chi connectivity index (χ3v) is 4.26. The van der Waals surface area contributed by atoms with Crippen molar-refractivity contribution in [2.24, 2.45) is 5.41 Å². The van der Waals surface area contributed by atoms with Crippen LogP contribution in [-0.2, 0) is 0 Å². The first-order valence-corrected chi connectivity index (χ1v) is 7.87. The Kier molecular flexibility index (Phi) is 6.70. The molecule has 1 N–H and O–H groups in total. The van der Waals surface area contributed by atoms with E-state index < -0.39 is 0 Å². The maximum atomic E-state index is 14.3. The van der Waals surface area contributed by atoms with Gasteiger partial charge in [-0.1, -0.05) is 20.8 Å². The first-order valence-electron chi connectivity index (χ1n) is 6.79. The molecule has 114 valence electrons. The Morgan fingerprint density at radius 3 is 2.40 bits per heavy atom. The van der Waals surface area contributed by atoms with Gasteiger partial charge in [-0.15, -0.1) is 12.4 Å². The molecule has 1 heterocycles. The van der Waals surface area contributed by atoms with E-state index in [-0.39, 0.29) is 29.7 Å². The topological polar surface area (TPSA) is 15.3 Å². The highest BCUT2D eigenvalue weighted by Crippen LogP contribution is 2.39. The molecule has 1 aliphatic heterocycles. The Bertz CT molecular complexity index is 442. The number of benzene rings is 1. The van der Waals surface area contributed by atoms with E-state index in [1.807, 2.05) is 12.1 Å². The Balaban J connectivity index is 0.00000200. The molecule has 0 aromatic heterocycles. The van der Waals surface area contributed by atoms with Crippen LogP contribution < -0.4 is 5.32 Å². The Labute approximate surface area is 141 Å². The largest absolute Gasteiger partial charge is 0.314 e. The van der Waals surface area contributed by atoms with E-state index in [9.17, 15) is 4.39 Å². The summed E-state index contributed by atoms with van der Waals surface area (Å²) in [5, 5.41) is 3.36. The number of hydrogen-bond acceptors (Lipinski definition) is 2. The van der Waals surface area contributed by atoms with Gasteiger partial charge in [-0.05, 0) is 46.2 Å². The zero-order chi connectivity index (χ0) is 14.0. The molecule has 1 aliphatic rings. The molecule has 0 saturated carbocycles. The minimum atomic E-state index is -0.0844. The Morgan fingerprint density at radius 1 is 1.25 bits per heavy atom. The second-order valence-electron chi connectivity index (χ2n) is 6.22. The molecule has 0 radical (unpaired) electrons. The molecular weight excluding hydrogens is 390 g/mol. The van der Waals surface area contributed by atoms with Gasteiger partial charge < -0.3 is 5.32 Å². The predicted octanol–water partition coefficient (Wildman–Crippen LogP) is 3.84. The van der Waals surface area contributed by atoms with E-state index in [0.717, 1.165) is 35.3 Å². The summed E-state index contributed by atoms with van der Waals surface area (Å²) < 4.78 is 15.4. The smallest absolute Gasteiger partial charge is 0.128 e. The van der Waals surface area contributed by atoms with Crippen molar-refractivity contribution >= 4 is 35.0 Å². The average molecular weight is 413 g/mol. The summed E-state index contributed by atoms with van der Waals surface area (Å²) in [6, 6.07) is 5.55. The van der Waals surface area contributed by atoms with Crippen LogP contribution in [0, 0.1) is 14.8 Å². The number of nitrogens with one attached hydrogen (secondary N) is 1. The van der Waals surface area contributed by atoms with Gasteiger partial charge in [0.15, 0.2) is 0 Å². The number of piperazine rings is 1. The zero-order valence-corrected chi connectivity index (χ0v) is 15.2. The van der Waals surface area contributed by atoms with Gasteiger partial charge in [-0.3, -0.25) is 4.90 Å². The van der Waals surface area contributed by atoms with Crippen LogP contribution in [0.3, 0.4) is 0 Å². The van der Waals surface area contributed by atoms with Gasteiger partial charge in [0.05, 0.1) is 0 Å². The first-order chi connectivity index (χ1) is 8.89. The summed E-state index contributed by atoms with van der Waals surface area (Å²) >= 11 is 2.26. The number of nitrogens with zero attached hydrogens (tertiary/aromatic N) is 1. The summed E-state index contributed by atoms with van der Waals surface area (Å²) in [5.74, 6) is -0.0844. The van der Waals surface area contributed by atoms with Crippen molar-refractivity contribution in [1.82, 2.24) is 10.2 Å². The third kappa shape index (κ3) is 4.29. The highest BCUT2D eigenvalue weighted by atomic mass is 127. The molecule has 1 saturated heterocycles. The van der Waals surface area contributed by atoms with Crippen molar-refractivity contribution in [1.29, 1.82) is 0 Å². The van der Waals surface area contributed by atoms with E-state index in [2.05, 4.69) is 53.6 Å². The normalized spacial score (nSPS) is 18.4. The lowest BCUT2D eigenvalue weighted by Crippen LogP contribution is -2.48. The van der Waals surface area contributed by atoms with E-state index in [1.54, 1.807) is 6.07 Å². The van der Waals surface area contributed by atoms with Gasteiger partial charge in [0.2, 0.25) is 0 Å². The van der Waals surface area contributed by atoms with Crippen LogP contribution in [0.2, 0.25) is 0 Å². The monoisotopic (exact) mass is 412 g/mol.